The molecule has 0 aliphatic carbocycles. The molecule has 3 N–H and O–H groups in total. The lowest BCUT2D eigenvalue weighted by molar-refractivity contribution is -0.0923. The molecule has 340 valence electrons. The fourth-order valence-electron chi connectivity index (χ4n) is 8.68. The smallest absolute Gasteiger partial charge is 0.414 e. The predicted molar refractivity (Wildman–Crippen MR) is 243 cm³/mol. The molecule has 0 unspecified atom stereocenters. The number of anilines is 1. The van der Waals surface area contributed by atoms with Gasteiger partial charge in [-0.2, -0.15) is 4.31 Å². The van der Waals surface area contributed by atoms with E-state index in [1.165, 1.54) is 28.4 Å². The van der Waals surface area contributed by atoms with Crippen molar-refractivity contribution in [2.45, 2.75) is 95.4 Å². The summed E-state index contributed by atoms with van der Waals surface area (Å²) in [6.45, 7) is 11.2. The van der Waals surface area contributed by atoms with E-state index in [9.17, 15) is 19.8 Å². The lowest BCUT2D eigenvalue weighted by Crippen LogP contribution is -2.65. The van der Waals surface area contributed by atoms with Crippen LogP contribution in [0.25, 0.3) is 0 Å². The second-order valence-electron chi connectivity index (χ2n) is 18.7. The van der Waals surface area contributed by atoms with Crippen LogP contribution < -0.4 is 10.2 Å². The van der Waals surface area contributed by atoms with Crippen molar-refractivity contribution in [2.24, 2.45) is 17.3 Å². The first-order valence-electron chi connectivity index (χ1n) is 21.7. The van der Waals surface area contributed by atoms with Crippen LogP contribution in [0.4, 0.5) is 15.3 Å². The average Bonchev–Trinajstić information content (AvgIpc) is 3.88. The molecule has 2 aliphatic rings. The molecule has 6 rings (SSSR count). The first-order valence-corrected chi connectivity index (χ1v) is 23.1. The Hall–Kier alpha value is -4.83. The normalized spacial score (nSPS) is 19.3. The molecular formula is C49H64N4O9S. The molecule has 0 aromatic heterocycles. The van der Waals surface area contributed by atoms with Gasteiger partial charge in [-0.15, -0.1) is 0 Å². The van der Waals surface area contributed by atoms with E-state index < -0.39 is 63.6 Å². The Balaban J connectivity index is 1.40. The van der Waals surface area contributed by atoms with Crippen molar-refractivity contribution >= 4 is 27.9 Å². The zero-order valence-electron chi connectivity index (χ0n) is 37.4. The number of hydrogen-bond donors (Lipinski definition) is 3. The van der Waals surface area contributed by atoms with Gasteiger partial charge in [0, 0.05) is 50.7 Å². The van der Waals surface area contributed by atoms with Crippen LogP contribution in [0.1, 0.15) is 64.2 Å². The monoisotopic (exact) mass is 884 g/mol. The van der Waals surface area contributed by atoms with Crippen LogP contribution in [0.5, 0.6) is 0 Å². The lowest BCUT2D eigenvalue weighted by atomic mass is 9.72. The van der Waals surface area contributed by atoms with Crippen LogP contribution in [0.15, 0.2) is 120 Å². The van der Waals surface area contributed by atoms with Crippen LogP contribution in [0.2, 0.25) is 0 Å². The highest BCUT2D eigenvalue weighted by Crippen LogP contribution is 2.44. The molecule has 0 bridgehead atoms. The van der Waals surface area contributed by atoms with Crippen molar-refractivity contribution in [3.8, 4) is 0 Å². The molecule has 63 heavy (non-hydrogen) atoms. The van der Waals surface area contributed by atoms with Crippen molar-refractivity contribution in [2.75, 3.05) is 44.8 Å². The zero-order valence-corrected chi connectivity index (χ0v) is 38.2. The maximum absolute atomic E-state index is 15.4. The summed E-state index contributed by atoms with van der Waals surface area (Å²) in [5.74, 6) is -1.000. The van der Waals surface area contributed by atoms with E-state index in [2.05, 4.69) is 34.5 Å². The van der Waals surface area contributed by atoms with Gasteiger partial charge in [0.2, 0.25) is 10.0 Å². The summed E-state index contributed by atoms with van der Waals surface area (Å²) in [7, 11) is -2.96. The standard InChI is InChI=1S/C49H64N4O9S/c1-47(2,3)62-46(56)51(6)39-23-16-24-40(30-39)63(58,59)53(34-48(4,5)26-27-52(31-37-19-12-8-13-20-37)32-38-21-14-9-15-22-38)35-49(57,42-33-61-44-41(42)25-28-60-44)43(50-45(54)55)29-36-17-10-7-11-18-36/h7-24,30,41-44,50,57H,25-29,31-35H2,1-6H3,(H,54,55)/t41-,42-,43-,44+,49-/m0/s1. The van der Waals surface area contributed by atoms with Crippen molar-refractivity contribution in [3.63, 3.8) is 0 Å². The van der Waals surface area contributed by atoms with Gasteiger partial charge in [-0.25, -0.2) is 18.0 Å². The number of nitrogens with zero attached hydrogens (tertiary/aromatic N) is 3. The number of benzene rings is 4. The number of aliphatic hydroxyl groups is 1. The predicted octanol–water partition coefficient (Wildman–Crippen LogP) is 7.79. The maximum atomic E-state index is 15.4. The Kier molecular flexibility index (Phi) is 15.4. The molecule has 0 saturated carbocycles. The minimum Gasteiger partial charge on any atom is -0.465 e. The van der Waals surface area contributed by atoms with Gasteiger partial charge >= 0.3 is 12.2 Å². The number of hydrogen-bond acceptors (Lipinski definition) is 9. The minimum atomic E-state index is -4.47. The quantitative estimate of drug-likeness (QED) is 0.0850. The van der Waals surface area contributed by atoms with Gasteiger partial charge in [0.25, 0.3) is 0 Å². The molecule has 4 aromatic rings. The van der Waals surface area contributed by atoms with E-state index in [1.54, 1.807) is 32.9 Å². The maximum Gasteiger partial charge on any atom is 0.414 e. The zero-order chi connectivity index (χ0) is 45.4. The third-order valence-corrected chi connectivity index (χ3v) is 13.8. The van der Waals surface area contributed by atoms with Crippen molar-refractivity contribution < 1.29 is 42.4 Å². The van der Waals surface area contributed by atoms with Gasteiger partial charge in [0.15, 0.2) is 6.29 Å². The summed E-state index contributed by atoms with van der Waals surface area (Å²) in [5, 5.41) is 26.3. The fourth-order valence-corrected chi connectivity index (χ4v) is 10.4. The van der Waals surface area contributed by atoms with E-state index in [0.717, 1.165) is 16.7 Å². The molecule has 2 fully saturated rings. The number of ether oxygens (including phenoxy) is 3. The van der Waals surface area contributed by atoms with Crippen LogP contribution in [-0.2, 0) is 43.7 Å². The summed E-state index contributed by atoms with van der Waals surface area (Å²) in [5.41, 5.74) is -0.0837. The molecule has 13 nitrogen and oxygen atoms in total. The van der Waals surface area contributed by atoms with Gasteiger partial charge in [-0.05, 0) is 86.9 Å². The first-order chi connectivity index (χ1) is 29.8. The number of carbonyl (C=O) groups is 2. The van der Waals surface area contributed by atoms with Gasteiger partial charge in [-0.3, -0.25) is 9.80 Å². The average molecular weight is 885 g/mol. The van der Waals surface area contributed by atoms with Crippen molar-refractivity contribution in [3.05, 3.63) is 132 Å². The highest BCUT2D eigenvalue weighted by Gasteiger charge is 2.56. The number of rotatable bonds is 19. The molecule has 2 amide bonds. The number of fused-ring (bicyclic) bond motifs is 1. The van der Waals surface area contributed by atoms with Crippen LogP contribution in [0.3, 0.4) is 0 Å². The van der Waals surface area contributed by atoms with E-state index in [-0.39, 0.29) is 30.4 Å². The van der Waals surface area contributed by atoms with Gasteiger partial charge in [0.1, 0.15) is 11.2 Å². The molecule has 14 heteroatoms. The Morgan fingerprint density at radius 1 is 0.825 bits per heavy atom. The molecule has 4 aromatic carbocycles. The molecular weight excluding hydrogens is 821 g/mol. The summed E-state index contributed by atoms with van der Waals surface area (Å²) >= 11 is 0. The molecule has 2 saturated heterocycles. The molecule has 2 aliphatic heterocycles. The number of nitrogens with one attached hydrogen (secondary N) is 1. The summed E-state index contributed by atoms with van der Waals surface area (Å²) in [6, 6.07) is 34.6. The highest BCUT2D eigenvalue weighted by molar-refractivity contribution is 7.89. The second-order valence-corrected chi connectivity index (χ2v) is 20.7. The van der Waals surface area contributed by atoms with E-state index in [1.807, 2.05) is 80.6 Å². The minimum absolute atomic E-state index is 0.0302. The molecule has 2 heterocycles. The van der Waals surface area contributed by atoms with E-state index >= 15 is 8.42 Å². The fraction of sp³-hybridized carbons (Fsp3) is 0.469. The molecule has 5 atom stereocenters. The van der Waals surface area contributed by atoms with Gasteiger partial charge in [0.05, 0.1) is 24.2 Å². The van der Waals surface area contributed by atoms with E-state index in [4.69, 9.17) is 14.2 Å². The highest BCUT2D eigenvalue weighted by atomic mass is 32.2. The second kappa shape index (κ2) is 20.3. The van der Waals surface area contributed by atoms with Crippen molar-refractivity contribution in [1.29, 1.82) is 0 Å². The summed E-state index contributed by atoms with van der Waals surface area (Å²) in [4.78, 5) is 29.3. The first kappa shape index (κ1) is 47.6. The number of carboxylic acid groups (broad SMARTS) is 1. The third-order valence-electron chi connectivity index (χ3n) is 12.0. The van der Waals surface area contributed by atoms with E-state index in [0.29, 0.717) is 44.8 Å². The third kappa shape index (κ3) is 12.7. The Bertz CT molecular complexity index is 2180. The SMILES string of the molecule is CN(C(=O)OC(C)(C)C)c1cccc(S(=O)(=O)N(CC(C)(C)CCN(Cc2ccccc2)Cc2ccccc2)C[C@@](O)([C@H](Cc2ccccc2)NC(=O)O)[C@H]2CO[C@H]3OCC[C@H]32)c1. The summed E-state index contributed by atoms with van der Waals surface area (Å²) in [6.07, 6.45) is -1.40. The Morgan fingerprint density at radius 3 is 1.98 bits per heavy atom. The Labute approximate surface area is 373 Å². The van der Waals surface area contributed by atoms with Gasteiger partial charge < -0.3 is 29.7 Å². The topological polar surface area (TPSA) is 158 Å². The largest absolute Gasteiger partial charge is 0.465 e. The van der Waals surface area contributed by atoms with Crippen LogP contribution in [0, 0.1) is 17.3 Å². The van der Waals surface area contributed by atoms with Gasteiger partial charge in [-0.1, -0.05) is 111 Å². The number of sulfonamides is 1. The molecule has 0 radical (unpaired) electrons. The molecule has 0 spiro atoms. The van der Waals surface area contributed by atoms with Crippen molar-refractivity contribution in [1.82, 2.24) is 14.5 Å². The Morgan fingerprint density at radius 2 is 1.41 bits per heavy atom. The van der Waals surface area contributed by atoms with Crippen LogP contribution in [-0.4, -0.2) is 103 Å². The van der Waals surface area contributed by atoms with Crippen LogP contribution >= 0.6 is 0 Å². The lowest BCUT2D eigenvalue weighted by Gasteiger charge is -2.45. The number of carbonyl (C=O) groups excluding carboxylic acids is 1. The number of amides is 2. The summed E-state index contributed by atoms with van der Waals surface area (Å²) < 4.78 is 49.7.